The fourth-order valence-corrected chi connectivity index (χ4v) is 4.73. The van der Waals surface area contributed by atoms with Crippen LogP contribution in [-0.4, -0.2) is 38.8 Å². The number of hydrogen-bond donors (Lipinski definition) is 1. The molecule has 0 spiro atoms. The summed E-state index contributed by atoms with van der Waals surface area (Å²) in [5.41, 5.74) is 1.62. The van der Waals surface area contributed by atoms with E-state index in [9.17, 15) is 13.2 Å². The van der Waals surface area contributed by atoms with Crippen molar-refractivity contribution in [2.24, 2.45) is 0 Å². The van der Waals surface area contributed by atoms with Crippen LogP contribution in [0.4, 0.5) is 5.69 Å². The van der Waals surface area contributed by atoms with Gasteiger partial charge >= 0.3 is 0 Å². The van der Waals surface area contributed by atoms with Gasteiger partial charge in [-0.3, -0.25) is 4.79 Å². The zero-order chi connectivity index (χ0) is 22.3. The highest BCUT2D eigenvalue weighted by molar-refractivity contribution is 14.1. The molecule has 8 heteroatoms. The van der Waals surface area contributed by atoms with Crippen molar-refractivity contribution in [3.63, 3.8) is 0 Å². The average molecular weight is 550 g/mol. The summed E-state index contributed by atoms with van der Waals surface area (Å²) in [7, 11) is -2.36. The van der Waals surface area contributed by atoms with Crippen LogP contribution in [0.1, 0.15) is 5.56 Å². The lowest BCUT2D eigenvalue weighted by atomic mass is 10.1. The van der Waals surface area contributed by atoms with E-state index < -0.39 is 15.9 Å². The van der Waals surface area contributed by atoms with Gasteiger partial charge < -0.3 is 10.1 Å². The van der Waals surface area contributed by atoms with E-state index in [1.165, 1.54) is 23.5 Å². The first-order valence-corrected chi connectivity index (χ1v) is 12.1. The Balaban J connectivity index is 1.80. The Labute approximate surface area is 196 Å². The number of halogens is 1. The van der Waals surface area contributed by atoms with E-state index in [0.717, 1.165) is 9.13 Å². The summed E-state index contributed by atoms with van der Waals surface area (Å²) in [6.07, 6.45) is 0.493. The Morgan fingerprint density at radius 2 is 1.61 bits per heavy atom. The molecule has 3 aromatic rings. The van der Waals surface area contributed by atoms with Crippen molar-refractivity contribution in [1.29, 1.82) is 0 Å². The molecule has 0 bridgehead atoms. The van der Waals surface area contributed by atoms with Crippen LogP contribution in [0.15, 0.2) is 83.8 Å². The van der Waals surface area contributed by atoms with Crippen molar-refractivity contribution < 1.29 is 17.9 Å². The number of ether oxygens (including phenoxy) is 1. The quantitative estimate of drug-likeness (QED) is 0.406. The van der Waals surface area contributed by atoms with E-state index in [2.05, 4.69) is 27.9 Å². The largest absolute Gasteiger partial charge is 0.497 e. The molecule has 162 valence electrons. The summed E-state index contributed by atoms with van der Waals surface area (Å²) in [5.74, 6) is 0.164. The van der Waals surface area contributed by atoms with Crippen molar-refractivity contribution in [2.45, 2.75) is 11.3 Å². The van der Waals surface area contributed by atoms with Crippen LogP contribution in [0.25, 0.3) is 0 Å². The summed E-state index contributed by atoms with van der Waals surface area (Å²) in [5, 5.41) is 2.77. The number of methoxy groups -OCH3 is 1. The first-order valence-electron chi connectivity index (χ1n) is 9.62. The van der Waals surface area contributed by atoms with Crippen LogP contribution in [0, 0.1) is 3.57 Å². The maximum Gasteiger partial charge on any atom is 0.243 e. The van der Waals surface area contributed by atoms with Gasteiger partial charge in [-0.25, -0.2) is 8.42 Å². The highest BCUT2D eigenvalue weighted by Crippen LogP contribution is 2.20. The molecule has 0 heterocycles. The minimum absolute atomic E-state index is 0.114. The standard InChI is InChI=1S/C23H23IN2O4S/c1-30-21-11-13-22(14-12-21)31(28,29)26(16-15-18-5-3-2-4-6-18)17-23(27)25-20-9-7-19(24)8-10-20/h2-14H,15-17H2,1H3,(H,25,27). The lowest BCUT2D eigenvalue weighted by Crippen LogP contribution is -2.39. The van der Waals surface area contributed by atoms with Gasteiger partial charge in [0.05, 0.1) is 18.6 Å². The molecule has 1 amide bonds. The second-order valence-electron chi connectivity index (χ2n) is 6.80. The van der Waals surface area contributed by atoms with Gasteiger partial charge in [-0.2, -0.15) is 4.31 Å². The third-order valence-electron chi connectivity index (χ3n) is 4.64. The number of benzene rings is 3. The number of anilines is 1. The summed E-state index contributed by atoms with van der Waals surface area (Å²) >= 11 is 2.18. The van der Waals surface area contributed by atoms with Crippen LogP contribution in [0.2, 0.25) is 0 Å². The first kappa shape index (κ1) is 23.2. The predicted molar refractivity (Wildman–Crippen MR) is 130 cm³/mol. The molecule has 1 N–H and O–H groups in total. The molecule has 0 saturated heterocycles. The number of nitrogens with one attached hydrogen (secondary N) is 1. The molecular formula is C23H23IN2O4S. The highest BCUT2D eigenvalue weighted by atomic mass is 127. The molecule has 3 aromatic carbocycles. The molecule has 0 fully saturated rings. The Morgan fingerprint density at radius 1 is 0.968 bits per heavy atom. The fourth-order valence-electron chi connectivity index (χ4n) is 2.97. The van der Waals surface area contributed by atoms with Crippen LogP contribution in [-0.2, 0) is 21.2 Å². The molecule has 0 radical (unpaired) electrons. The Bertz CT molecular complexity index is 1100. The van der Waals surface area contributed by atoms with E-state index in [1.807, 2.05) is 42.5 Å². The summed E-state index contributed by atoms with van der Waals surface area (Å²) < 4.78 is 33.9. The Morgan fingerprint density at radius 3 is 2.23 bits per heavy atom. The molecular weight excluding hydrogens is 527 g/mol. The molecule has 0 aromatic heterocycles. The van der Waals surface area contributed by atoms with Crippen LogP contribution < -0.4 is 10.1 Å². The summed E-state index contributed by atoms with van der Waals surface area (Å²) in [6, 6.07) is 23.1. The minimum atomic E-state index is -3.87. The number of rotatable bonds is 9. The summed E-state index contributed by atoms with van der Waals surface area (Å²) in [4.78, 5) is 12.8. The maximum absolute atomic E-state index is 13.3. The Hall–Kier alpha value is -2.43. The topological polar surface area (TPSA) is 75.7 Å². The molecule has 6 nitrogen and oxygen atoms in total. The normalized spacial score (nSPS) is 11.3. The first-order chi connectivity index (χ1) is 14.9. The van der Waals surface area contributed by atoms with Crippen LogP contribution in [0.5, 0.6) is 5.75 Å². The van der Waals surface area contributed by atoms with Crippen molar-refractivity contribution in [1.82, 2.24) is 4.31 Å². The van der Waals surface area contributed by atoms with Crippen LogP contribution >= 0.6 is 22.6 Å². The van der Waals surface area contributed by atoms with Gasteiger partial charge in [0.15, 0.2) is 0 Å². The van der Waals surface area contributed by atoms with E-state index in [-0.39, 0.29) is 18.0 Å². The molecule has 0 atom stereocenters. The monoisotopic (exact) mass is 550 g/mol. The van der Waals surface area contributed by atoms with Gasteiger partial charge in [-0.15, -0.1) is 0 Å². The lowest BCUT2D eigenvalue weighted by Gasteiger charge is -2.22. The number of amides is 1. The van der Waals surface area contributed by atoms with E-state index >= 15 is 0 Å². The second-order valence-corrected chi connectivity index (χ2v) is 9.99. The SMILES string of the molecule is COc1ccc(S(=O)(=O)N(CCc2ccccc2)CC(=O)Nc2ccc(I)cc2)cc1. The number of sulfonamides is 1. The molecule has 0 unspecified atom stereocenters. The average Bonchev–Trinajstić information content (AvgIpc) is 2.78. The third kappa shape index (κ3) is 6.52. The fraction of sp³-hybridized carbons (Fsp3) is 0.174. The lowest BCUT2D eigenvalue weighted by molar-refractivity contribution is -0.116. The van der Waals surface area contributed by atoms with Crippen LogP contribution in [0.3, 0.4) is 0 Å². The summed E-state index contributed by atoms with van der Waals surface area (Å²) in [6.45, 7) is -0.105. The smallest absolute Gasteiger partial charge is 0.243 e. The number of nitrogens with zero attached hydrogens (tertiary/aromatic N) is 1. The molecule has 0 aliphatic carbocycles. The van der Waals surface area contributed by atoms with Gasteiger partial charge in [0.2, 0.25) is 15.9 Å². The van der Waals surface area contributed by atoms with E-state index in [1.54, 1.807) is 24.3 Å². The van der Waals surface area contributed by atoms with Crippen molar-refractivity contribution in [2.75, 3.05) is 25.5 Å². The van der Waals surface area contributed by atoms with Crippen molar-refractivity contribution in [3.8, 4) is 5.75 Å². The van der Waals surface area contributed by atoms with Crippen molar-refractivity contribution in [3.05, 3.63) is 88.0 Å². The predicted octanol–water partition coefficient (Wildman–Crippen LogP) is 4.17. The number of hydrogen-bond acceptors (Lipinski definition) is 4. The zero-order valence-electron chi connectivity index (χ0n) is 17.0. The van der Waals surface area contributed by atoms with Gasteiger partial charge in [0.1, 0.15) is 5.75 Å². The molecule has 0 aliphatic heterocycles. The molecule has 0 aliphatic rings. The zero-order valence-corrected chi connectivity index (χ0v) is 20.0. The van der Waals surface area contributed by atoms with Gasteiger partial charge in [-0.05, 0) is 83.1 Å². The van der Waals surface area contributed by atoms with E-state index in [4.69, 9.17) is 4.74 Å². The second kappa shape index (κ2) is 10.7. The van der Waals surface area contributed by atoms with Gasteiger partial charge in [0.25, 0.3) is 0 Å². The minimum Gasteiger partial charge on any atom is -0.497 e. The molecule has 0 saturated carbocycles. The third-order valence-corrected chi connectivity index (χ3v) is 7.22. The molecule has 31 heavy (non-hydrogen) atoms. The van der Waals surface area contributed by atoms with Gasteiger partial charge in [-0.1, -0.05) is 30.3 Å². The number of carbonyl (C=O) groups is 1. The van der Waals surface area contributed by atoms with E-state index in [0.29, 0.717) is 17.9 Å². The molecule has 3 rings (SSSR count). The highest BCUT2D eigenvalue weighted by Gasteiger charge is 2.26. The number of carbonyl (C=O) groups excluding carboxylic acids is 1. The Kier molecular flexibility index (Phi) is 8.05. The van der Waals surface area contributed by atoms with Gasteiger partial charge in [0, 0.05) is 15.8 Å². The van der Waals surface area contributed by atoms with Crippen molar-refractivity contribution >= 4 is 44.2 Å². The maximum atomic E-state index is 13.3.